The SMILES string of the molecule is c1ccc(COC2CCCC(Cn3ccnc3)O2)cc1. The summed E-state index contributed by atoms with van der Waals surface area (Å²) in [4.78, 5) is 4.06. The van der Waals surface area contributed by atoms with Crippen LogP contribution in [0.5, 0.6) is 0 Å². The van der Waals surface area contributed by atoms with Crippen LogP contribution in [0.25, 0.3) is 0 Å². The van der Waals surface area contributed by atoms with Gasteiger partial charge in [-0.15, -0.1) is 0 Å². The maximum atomic E-state index is 6.01. The van der Waals surface area contributed by atoms with E-state index in [-0.39, 0.29) is 12.4 Å². The first-order valence-corrected chi connectivity index (χ1v) is 7.17. The van der Waals surface area contributed by atoms with Crippen LogP contribution in [0.2, 0.25) is 0 Å². The minimum Gasteiger partial charge on any atom is -0.348 e. The highest BCUT2D eigenvalue weighted by Crippen LogP contribution is 2.22. The van der Waals surface area contributed by atoms with E-state index in [0.717, 1.165) is 25.8 Å². The van der Waals surface area contributed by atoms with Gasteiger partial charge >= 0.3 is 0 Å². The van der Waals surface area contributed by atoms with E-state index in [4.69, 9.17) is 9.47 Å². The number of rotatable bonds is 5. The summed E-state index contributed by atoms with van der Waals surface area (Å²) in [6.07, 6.45) is 8.95. The Morgan fingerprint density at radius 1 is 1.25 bits per heavy atom. The molecule has 1 aliphatic rings. The molecular formula is C16H20N2O2. The van der Waals surface area contributed by atoms with E-state index in [9.17, 15) is 0 Å². The van der Waals surface area contributed by atoms with Gasteiger partial charge in [0, 0.05) is 18.9 Å². The number of imidazole rings is 1. The lowest BCUT2D eigenvalue weighted by molar-refractivity contribution is -0.201. The number of benzene rings is 1. The molecule has 1 aliphatic heterocycles. The van der Waals surface area contributed by atoms with Crippen molar-refractivity contribution in [3.63, 3.8) is 0 Å². The number of ether oxygens (including phenoxy) is 2. The lowest BCUT2D eigenvalue weighted by Gasteiger charge is -2.30. The van der Waals surface area contributed by atoms with Gasteiger partial charge in [0.15, 0.2) is 6.29 Å². The molecule has 0 radical (unpaired) electrons. The average molecular weight is 272 g/mol. The molecule has 0 amide bonds. The zero-order chi connectivity index (χ0) is 13.6. The fourth-order valence-electron chi connectivity index (χ4n) is 2.51. The fraction of sp³-hybridized carbons (Fsp3) is 0.438. The molecule has 2 unspecified atom stereocenters. The van der Waals surface area contributed by atoms with Gasteiger partial charge < -0.3 is 14.0 Å². The molecule has 2 atom stereocenters. The van der Waals surface area contributed by atoms with Gasteiger partial charge in [0.1, 0.15) is 0 Å². The van der Waals surface area contributed by atoms with Crippen LogP contribution in [0.4, 0.5) is 0 Å². The first-order valence-electron chi connectivity index (χ1n) is 7.17. The molecule has 4 heteroatoms. The number of aromatic nitrogens is 2. The summed E-state index contributed by atoms with van der Waals surface area (Å²) in [5.74, 6) is 0. The van der Waals surface area contributed by atoms with Crippen LogP contribution in [-0.4, -0.2) is 21.9 Å². The van der Waals surface area contributed by atoms with Crippen LogP contribution in [0.1, 0.15) is 24.8 Å². The largest absolute Gasteiger partial charge is 0.348 e. The third kappa shape index (κ3) is 3.68. The molecule has 4 nitrogen and oxygen atoms in total. The van der Waals surface area contributed by atoms with Crippen molar-refractivity contribution in [1.82, 2.24) is 9.55 Å². The van der Waals surface area contributed by atoms with Crippen molar-refractivity contribution < 1.29 is 9.47 Å². The minimum atomic E-state index is -0.0857. The maximum Gasteiger partial charge on any atom is 0.158 e. The van der Waals surface area contributed by atoms with Crippen molar-refractivity contribution in [1.29, 1.82) is 0 Å². The normalized spacial score (nSPS) is 22.8. The van der Waals surface area contributed by atoms with E-state index in [2.05, 4.69) is 21.7 Å². The van der Waals surface area contributed by atoms with E-state index in [1.807, 2.05) is 30.7 Å². The third-order valence-electron chi connectivity index (χ3n) is 3.56. The molecule has 20 heavy (non-hydrogen) atoms. The summed E-state index contributed by atoms with van der Waals surface area (Å²) in [5, 5.41) is 0. The van der Waals surface area contributed by atoms with E-state index >= 15 is 0 Å². The van der Waals surface area contributed by atoms with Gasteiger partial charge in [-0.3, -0.25) is 0 Å². The minimum absolute atomic E-state index is 0.0857. The Labute approximate surface area is 119 Å². The van der Waals surface area contributed by atoms with Gasteiger partial charge in [-0.1, -0.05) is 30.3 Å². The molecule has 2 aromatic rings. The number of hydrogen-bond acceptors (Lipinski definition) is 3. The number of nitrogens with zero attached hydrogens (tertiary/aromatic N) is 2. The van der Waals surface area contributed by atoms with Crippen molar-refractivity contribution in [3.8, 4) is 0 Å². The maximum absolute atomic E-state index is 6.01. The Balaban J connectivity index is 1.48. The van der Waals surface area contributed by atoms with Gasteiger partial charge in [-0.2, -0.15) is 0 Å². The van der Waals surface area contributed by atoms with Gasteiger partial charge in [0.25, 0.3) is 0 Å². The lowest BCUT2D eigenvalue weighted by atomic mass is 10.1. The van der Waals surface area contributed by atoms with Crippen molar-refractivity contribution in [2.24, 2.45) is 0 Å². The van der Waals surface area contributed by atoms with Crippen LogP contribution in [0, 0.1) is 0 Å². The summed E-state index contributed by atoms with van der Waals surface area (Å²) < 4.78 is 13.9. The van der Waals surface area contributed by atoms with E-state index in [0.29, 0.717) is 6.61 Å². The van der Waals surface area contributed by atoms with E-state index < -0.39 is 0 Å². The Kier molecular flexibility index (Phi) is 4.46. The summed E-state index contributed by atoms with van der Waals surface area (Å²) >= 11 is 0. The zero-order valence-electron chi connectivity index (χ0n) is 11.5. The van der Waals surface area contributed by atoms with Crippen molar-refractivity contribution >= 4 is 0 Å². The Morgan fingerprint density at radius 3 is 2.95 bits per heavy atom. The summed E-state index contributed by atoms with van der Waals surface area (Å²) in [6, 6.07) is 10.2. The molecule has 1 saturated heterocycles. The van der Waals surface area contributed by atoms with Gasteiger partial charge in [0.2, 0.25) is 0 Å². The highest BCUT2D eigenvalue weighted by molar-refractivity contribution is 5.13. The molecule has 1 aromatic heterocycles. The first kappa shape index (κ1) is 13.3. The summed E-state index contributed by atoms with van der Waals surface area (Å²) in [5.41, 5.74) is 1.19. The Morgan fingerprint density at radius 2 is 2.15 bits per heavy atom. The van der Waals surface area contributed by atoms with E-state index in [1.54, 1.807) is 6.20 Å². The summed E-state index contributed by atoms with van der Waals surface area (Å²) in [7, 11) is 0. The van der Waals surface area contributed by atoms with Crippen molar-refractivity contribution in [2.45, 2.75) is 44.8 Å². The van der Waals surface area contributed by atoms with Crippen LogP contribution in [-0.2, 0) is 22.6 Å². The van der Waals surface area contributed by atoms with Crippen LogP contribution >= 0.6 is 0 Å². The second-order valence-electron chi connectivity index (χ2n) is 5.17. The molecule has 3 rings (SSSR count). The Hall–Kier alpha value is -1.65. The predicted octanol–water partition coefficient (Wildman–Crippen LogP) is 3.00. The average Bonchev–Trinajstić information content (AvgIpc) is 3.00. The number of hydrogen-bond donors (Lipinski definition) is 0. The third-order valence-corrected chi connectivity index (χ3v) is 3.56. The highest BCUT2D eigenvalue weighted by Gasteiger charge is 2.23. The molecule has 0 aliphatic carbocycles. The molecule has 1 aromatic carbocycles. The zero-order valence-corrected chi connectivity index (χ0v) is 11.5. The monoisotopic (exact) mass is 272 g/mol. The van der Waals surface area contributed by atoms with Crippen LogP contribution in [0.15, 0.2) is 49.1 Å². The summed E-state index contributed by atoms with van der Waals surface area (Å²) in [6.45, 7) is 1.47. The van der Waals surface area contributed by atoms with Crippen molar-refractivity contribution in [2.75, 3.05) is 0 Å². The standard InChI is InChI=1S/C16H20N2O2/c1-2-5-14(6-3-1)12-19-16-8-4-7-15(20-16)11-18-10-9-17-13-18/h1-3,5-6,9-10,13,15-16H,4,7-8,11-12H2. The molecular weight excluding hydrogens is 252 g/mol. The molecule has 1 fully saturated rings. The van der Waals surface area contributed by atoms with E-state index in [1.165, 1.54) is 5.56 Å². The fourth-order valence-corrected chi connectivity index (χ4v) is 2.51. The predicted molar refractivity (Wildman–Crippen MR) is 76.0 cm³/mol. The van der Waals surface area contributed by atoms with Gasteiger partial charge in [-0.05, 0) is 24.8 Å². The second kappa shape index (κ2) is 6.68. The van der Waals surface area contributed by atoms with Crippen LogP contribution in [0.3, 0.4) is 0 Å². The molecule has 0 saturated carbocycles. The molecule has 106 valence electrons. The smallest absolute Gasteiger partial charge is 0.158 e. The molecule has 2 heterocycles. The second-order valence-corrected chi connectivity index (χ2v) is 5.17. The lowest BCUT2D eigenvalue weighted by Crippen LogP contribution is -2.32. The quantitative estimate of drug-likeness (QED) is 0.839. The first-order chi connectivity index (χ1) is 9.90. The Bertz CT molecular complexity index is 498. The molecule has 0 N–H and O–H groups in total. The van der Waals surface area contributed by atoms with Crippen LogP contribution < -0.4 is 0 Å². The van der Waals surface area contributed by atoms with Gasteiger partial charge in [0.05, 0.1) is 19.0 Å². The topological polar surface area (TPSA) is 36.3 Å². The highest BCUT2D eigenvalue weighted by atomic mass is 16.7. The van der Waals surface area contributed by atoms with Crippen molar-refractivity contribution in [3.05, 3.63) is 54.6 Å². The van der Waals surface area contributed by atoms with Gasteiger partial charge in [-0.25, -0.2) is 4.98 Å². The molecule has 0 bridgehead atoms. The molecule has 0 spiro atoms.